The first-order chi connectivity index (χ1) is 4.81. The van der Waals surface area contributed by atoms with Gasteiger partial charge in [-0.25, -0.2) is 0 Å². The van der Waals surface area contributed by atoms with Crippen LogP contribution in [0.2, 0.25) is 0 Å². The molecule has 3 heteroatoms. The van der Waals surface area contributed by atoms with Gasteiger partial charge in [-0.15, -0.1) is 24.5 Å². The van der Waals surface area contributed by atoms with Crippen LogP contribution < -0.4 is 0 Å². The lowest BCUT2D eigenvalue weighted by Crippen LogP contribution is -2.12. The van der Waals surface area contributed by atoms with Crippen molar-refractivity contribution < 1.29 is 0 Å². The van der Waals surface area contributed by atoms with Crippen molar-refractivity contribution in [3.63, 3.8) is 0 Å². The maximum absolute atomic E-state index is 4.32. The Labute approximate surface area is 82.6 Å². The van der Waals surface area contributed by atoms with Gasteiger partial charge in [-0.3, -0.25) is 0 Å². The number of thiol groups is 2. The molecule has 0 radical (unpaired) electrons. The maximum atomic E-state index is 4.32. The second-order valence-corrected chi connectivity index (χ2v) is 9.38. The second-order valence-electron chi connectivity index (χ2n) is 4.42. The number of hydrogen-bond acceptors (Lipinski definition) is 2. The first kappa shape index (κ1) is 12.1. The van der Waals surface area contributed by atoms with Crippen LogP contribution in [0.15, 0.2) is 0 Å². The predicted molar refractivity (Wildman–Crippen MR) is 63.0 cm³/mol. The summed E-state index contributed by atoms with van der Waals surface area (Å²) in [5, 5.41) is 0. The molecular formula is C8H19PS2. The Morgan fingerprint density at radius 1 is 1.27 bits per heavy atom. The highest BCUT2D eigenvalue weighted by atomic mass is 33.1. The van der Waals surface area contributed by atoms with Gasteiger partial charge in [-0.2, -0.15) is 0 Å². The quantitative estimate of drug-likeness (QED) is 0.505. The molecule has 0 aromatic heterocycles. The zero-order valence-corrected chi connectivity index (χ0v) is 10.5. The Hall–Kier alpha value is 1.13. The molecule has 0 heterocycles. The fraction of sp³-hybridized carbons (Fsp3) is 1.00. The third-order valence-corrected chi connectivity index (χ3v) is 3.37. The van der Waals surface area contributed by atoms with Gasteiger partial charge in [-0.1, -0.05) is 27.7 Å². The highest BCUT2D eigenvalue weighted by Gasteiger charge is 2.16. The van der Waals surface area contributed by atoms with Crippen molar-refractivity contribution in [2.45, 2.75) is 34.1 Å². The standard InChI is InChI=1S/C8H19PS2/c1-7(6-9(10)11)5-8(2,3)4/h7,10-11H,5-6H2,1-4H3. The minimum absolute atomic E-state index is 0.304. The third kappa shape index (κ3) is 9.04. The Bertz CT molecular complexity index is 107. The molecule has 0 fully saturated rings. The average molecular weight is 210 g/mol. The highest BCUT2D eigenvalue weighted by molar-refractivity contribution is 8.78. The number of rotatable bonds is 3. The molecule has 0 rings (SSSR count). The summed E-state index contributed by atoms with van der Waals surface area (Å²) < 4.78 is 0. The Balaban J connectivity index is 3.61. The van der Waals surface area contributed by atoms with E-state index in [0.29, 0.717) is 5.41 Å². The summed E-state index contributed by atoms with van der Waals surface area (Å²) in [6.45, 7) is 9.13. The second kappa shape index (κ2) is 4.99. The van der Waals surface area contributed by atoms with E-state index in [-0.39, 0.29) is 6.33 Å². The molecule has 0 aliphatic rings. The van der Waals surface area contributed by atoms with E-state index >= 15 is 0 Å². The van der Waals surface area contributed by atoms with Crippen molar-refractivity contribution >= 4 is 30.8 Å². The fourth-order valence-electron chi connectivity index (χ4n) is 1.39. The lowest BCUT2D eigenvalue weighted by molar-refractivity contribution is 0.323. The van der Waals surface area contributed by atoms with E-state index in [1.54, 1.807) is 0 Å². The van der Waals surface area contributed by atoms with Crippen LogP contribution in [0.25, 0.3) is 0 Å². The molecule has 0 aromatic rings. The molecule has 11 heavy (non-hydrogen) atoms. The smallest absolute Gasteiger partial charge is 0.00591 e. The zero-order valence-electron chi connectivity index (χ0n) is 7.83. The summed E-state index contributed by atoms with van der Waals surface area (Å²) in [6, 6.07) is 0. The van der Waals surface area contributed by atoms with Gasteiger partial charge in [0.05, 0.1) is 0 Å². The molecule has 0 saturated heterocycles. The van der Waals surface area contributed by atoms with Crippen molar-refractivity contribution in [2.24, 2.45) is 11.3 Å². The van der Waals surface area contributed by atoms with E-state index in [4.69, 9.17) is 0 Å². The maximum Gasteiger partial charge on any atom is 0.00591 e. The first-order valence-corrected chi connectivity index (χ1v) is 7.80. The van der Waals surface area contributed by atoms with Crippen LogP contribution >= 0.6 is 30.8 Å². The van der Waals surface area contributed by atoms with Gasteiger partial charge in [0, 0.05) is 6.33 Å². The lowest BCUT2D eigenvalue weighted by Gasteiger charge is -2.23. The van der Waals surface area contributed by atoms with Crippen molar-refractivity contribution in [3.05, 3.63) is 0 Å². The molecule has 0 bridgehead atoms. The molecule has 1 unspecified atom stereocenters. The predicted octanol–water partition coefficient (Wildman–Crippen LogP) is 4.23. The highest BCUT2D eigenvalue weighted by Crippen LogP contribution is 2.48. The fourth-order valence-corrected chi connectivity index (χ4v) is 3.75. The topological polar surface area (TPSA) is 0 Å². The molecule has 0 N–H and O–H groups in total. The molecule has 0 spiro atoms. The van der Waals surface area contributed by atoms with Crippen molar-refractivity contribution in [3.8, 4) is 0 Å². The summed E-state index contributed by atoms with van der Waals surface area (Å²) >= 11 is 8.63. The number of hydrogen-bond donors (Lipinski definition) is 2. The van der Waals surface area contributed by atoms with E-state index in [1.165, 1.54) is 12.6 Å². The van der Waals surface area contributed by atoms with Gasteiger partial charge in [0.25, 0.3) is 0 Å². The molecule has 0 nitrogen and oxygen atoms in total. The summed E-state index contributed by atoms with van der Waals surface area (Å²) in [5.74, 6) is 0.760. The molecule has 0 aromatic carbocycles. The van der Waals surface area contributed by atoms with Crippen LogP contribution in [0, 0.1) is 11.3 Å². The normalized spacial score (nSPS) is 15.5. The van der Waals surface area contributed by atoms with Crippen molar-refractivity contribution in [2.75, 3.05) is 6.16 Å². The minimum atomic E-state index is -0.304. The van der Waals surface area contributed by atoms with E-state index in [2.05, 4.69) is 52.2 Å². The van der Waals surface area contributed by atoms with Crippen LogP contribution in [0.1, 0.15) is 34.1 Å². The van der Waals surface area contributed by atoms with Gasteiger partial charge >= 0.3 is 0 Å². The van der Waals surface area contributed by atoms with Gasteiger partial charge in [0.1, 0.15) is 0 Å². The van der Waals surface area contributed by atoms with Crippen LogP contribution in [-0.2, 0) is 0 Å². The third-order valence-electron chi connectivity index (χ3n) is 1.44. The molecule has 68 valence electrons. The summed E-state index contributed by atoms with van der Waals surface area (Å²) in [7, 11) is 0. The van der Waals surface area contributed by atoms with Crippen molar-refractivity contribution in [1.82, 2.24) is 0 Å². The first-order valence-electron chi connectivity index (χ1n) is 3.96. The van der Waals surface area contributed by atoms with Gasteiger partial charge < -0.3 is 0 Å². The van der Waals surface area contributed by atoms with E-state index in [0.717, 1.165) is 5.92 Å². The Morgan fingerprint density at radius 3 is 2.00 bits per heavy atom. The zero-order chi connectivity index (χ0) is 9.07. The lowest BCUT2D eigenvalue weighted by atomic mass is 9.86. The summed E-state index contributed by atoms with van der Waals surface area (Å²) in [6.07, 6.45) is 2.13. The minimum Gasteiger partial charge on any atom is -0.140 e. The van der Waals surface area contributed by atoms with Crippen molar-refractivity contribution in [1.29, 1.82) is 0 Å². The summed E-state index contributed by atoms with van der Waals surface area (Å²) in [4.78, 5) is 0. The molecule has 0 saturated carbocycles. The van der Waals surface area contributed by atoms with Crippen LogP contribution in [0.3, 0.4) is 0 Å². The monoisotopic (exact) mass is 210 g/mol. The molecular weight excluding hydrogens is 191 g/mol. The van der Waals surface area contributed by atoms with E-state index in [9.17, 15) is 0 Å². The van der Waals surface area contributed by atoms with Crippen LogP contribution in [-0.4, -0.2) is 6.16 Å². The Kier molecular flexibility index (Phi) is 5.50. The molecule has 1 atom stereocenters. The largest absolute Gasteiger partial charge is 0.140 e. The van der Waals surface area contributed by atoms with Gasteiger partial charge in [0.15, 0.2) is 0 Å². The van der Waals surface area contributed by atoms with E-state index < -0.39 is 0 Å². The van der Waals surface area contributed by atoms with E-state index in [1.807, 2.05) is 0 Å². The SMILES string of the molecule is CC(CP(S)S)CC(C)(C)C. The molecule has 0 amide bonds. The molecule has 0 aliphatic heterocycles. The Morgan fingerprint density at radius 2 is 1.73 bits per heavy atom. The molecule has 0 aliphatic carbocycles. The summed E-state index contributed by atoms with van der Waals surface area (Å²) in [5.41, 5.74) is 0.451. The van der Waals surface area contributed by atoms with Crippen LogP contribution in [0.5, 0.6) is 0 Å². The van der Waals surface area contributed by atoms with Gasteiger partial charge in [-0.05, 0) is 23.9 Å². The average Bonchev–Trinajstić information content (AvgIpc) is 1.53. The van der Waals surface area contributed by atoms with Gasteiger partial charge in [0.2, 0.25) is 0 Å². The van der Waals surface area contributed by atoms with Crippen LogP contribution in [0.4, 0.5) is 0 Å².